The molecule has 5 heteroatoms. The predicted octanol–water partition coefficient (Wildman–Crippen LogP) is 0.527. The number of aliphatic carboxylic acids is 2. The molecule has 1 aliphatic rings. The van der Waals surface area contributed by atoms with Gasteiger partial charge in [-0.2, -0.15) is 0 Å². The van der Waals surface area contributed by atoms with Crippen LogP contribution in [0.2, 0.25) is 0 Å². The summed E-state index contributed by atoms with van der Waals surface area (Å²) in [6, 6.07) is 0. The van der Waals surface area contributed by atoms with Gasteiger partial charge in [-0.25, -0.2) is 0 Å². The molecule has 0 aromatic heterocycles. The standard InChI is InChI=1S/C10H12O5/c1-3-5-7(9(11)12)8(10(13)14)6(4-2)15-5/h3-8H,1-2H2,(H,11,12)(H,13,14). The maximum atomic E-state index is 10.9. The number of carbonyl (C=O) groups is 2. The first kappa shape index (κ1) is 11.5. The maximum absolute atomic E-state index is 10.9. The first-order valence-electron chi connectivity index (χ1n) is 4.39. The molecule has 0 radical (unpaired) electrons. The molecule has 1 fully saturated rings. The van der Waals surface area contributed by atoms with Crippen molar-refractivity contribution in [1.29, 1.82) is 0 Å². The number of hydrogen-bond acceptors (Lipinski definition) is 3. The molecule has 1 rings (SSSR count). The van der Waals surface area contributed by atoms with Crippen molar-refractivity contribution < 1.29 is 24.5 Å². The Kier molecular flexibility index (Phi) is 3.26. The molecule has 82 valence electrons. The summed E-state index contributed by atoms with van der Waals surface area (Å²) in [5, 5.41) is 17.8. The fourth-order valence-corrected chi connectivity index (χ4v) is 1.75. The van der Waals surface area contributed by atoms with Crippen LogP contribution in [0.3, 0.4) is 0 Å². The highest BCUT2D eigenvalue weighted by atomic mass is 16.5. The minimum Gasteiger partial charge on any atom is -0.481 e. The molecular weight excluding hydrogens is 200 g/mol. The summed E-state index contributed by atoms with van der Waals surface area (Å²) in [5.41, 5.74) is 0. The summed E-state index contributed by atoms with van der Waals surface area (Å²) in [6.45, 7) is 6.84. The molecule has 0 bridgehead atoms. The van der Waals surface area contributed by atoms with E-state index in [1.165, 1.54) is 12.2 Å². The lowest BCUT2D eigenvalue weighted by Gasteiger charge is -2.13. The van der Waals surface area contributed by atoms with Crippen molar-refractivity contribution >= 4 is 11.9 Å². The second-order valence-electron chi connectivity index (χ2n) is 3.26. The topological polar surface area (TPSA) is 83.8 Å². The third-order valence-electron chi connectivity index (χ3n) is 2.44. The van der Waals surface area contributed by atoms with Crippen LogP contribution >= 0.6 is 0 Å². The fraction of sp³-hybridized carbons (Fsp3) is 0.400. The van der Waals surface area contributed by atoms with E-state index < -0.39 is 36.0 Å². The lowest BCUT2D eigenvalue weighted by molar-refractivity contribution is -0.152. The zero-order valence-corrected chi connectivity index (χ0v) is 8.00. The molecule has 5 nitrogen and oxygen atoms in total. The summed E-state index contributed by atoms with van der Waals surface area (Å²) in [4.78, 5) is 21.8. The van der Waals surface area contributed by atoms with Crippen LogP contribution in [-0.2, 0) is 14.3 Å². The van der Waals surface area contributed by atoms with Gasteiger partial charge in [0.25, 0.3) is 0 Å². The average Bonchev–Trinajstić information content (AvgIpc) is 2.55. The highest BCUT2D eigenvalue weighted by Crippen LogP contribution is 2.34. The number of ether oxygens (including phenoxy) is 1. The monoisotopic (exact) mass is 212 g/mol. The molecule has 15 heavy (non-hydrogen) atoms. The SMILES string of the molecule is C=CC1OC(C=C)C(C(=O)O)C1C(=O)O. The van der Waals surface area contributed by atoms with E-state index in [-0.39, 0.29) is 0 Å². The molecule has 0 saturated carbocycles. The van der Waals surface area contributed by atoms with Gasteiger partial charge in [0.05, 0.1) is 12.2 Å². The summed E-state index contributed by atoms with van der Waals surface area (Å²) in [5.74, 6) is -4.61. The molecule has 1 aliphatic heterocycles. The lowest BCUT2D eigenvalue weighted by Crippen LogP contribution is -2.33. The van der Waals surface area contributed by atoms with Gasteiger partial charge in [-0.15, -0.1) is 13.2 Å². The third-order valence-corrected chi connectivity index (χ3v) is 2.44. The molecule has 0 aromatic carbocycles. The van der Waals surface area contributed by atoms with E-state index in [0.717, 1.165) is 0 Å². The molecule has 0 aliphatic carbocycles. The molecule has 0 aromatic rings. The zero-order valence-electron chi connectivity index (χ0n) is 8.00. The molecule has 2 N–H and O–H groups in total. The van der Waals surface area contributed by atoms with Crippen LogP contribution in [-0.4, -0.2) is 34.4 Å². The molecule has 4 unspecified atom stereocenters. The Morgan fingerprint density at radius 2 is 1.33 bits per heavy atom. The van der Waals surface area contributed by atoms with Gasteiger partial charge >= 0.3 is 11.9 Å². The van der Waals surface area contributed by atoms with Crippen molar-refractivity contribution in [1.82, 2.24) is 0 Å². The van der Waals surface area contributed by atoms with Gasteiger partial charge in [0.2, 0.25) is 0 Å². The van der Waals surface area contributed by atoms with Crippen LogP contribution < -0.4 is 0 Å². The minimum absolute atomic E-state index is 0.786. The lowest BCUT2D eigenvalue weighted by atomic mass is 9.87. The summed E-state index contributed by atoms with van der Waals surface area (Å²) in [7, 11) is 0. The van der Waals surface area contributed by atoms with Crippen molar-refractivity contribution in [2.24, 2.45) is 11.8 Å². The van der Waals surface area contributed by atoms with Crippen LogP contribution in [0.15, 0.2) is 25.3 Å². The van der Waals surface area contributed by atoms with Crippen molar-refractivity contribution in [3.05, 3.63) is 25.3 Å². The van der Waals surface area contributed by atoms with Crippen LogP contribution in [0.25, 0.3) is 0 Å². The molecule has 1 saturated heterocycles. The van der Waals surface area contributed by atoms with E-state index in [1.54, 1.807) is 0 Å². The minimum atomic E-state index is -1.20. The summed E-state index contributed by atoms with van der Waals surface area (Å²) in [6.07, 6.45) is 1.04. The van der Waals surface area contributed by atoms with Crippen molar-refractivity contribution in [3.63, 3.8) is 0 Å². The van der Waals surface area contributed by atoms with Crippen molar-refractivity contribution in [2.75, 3.05) is 0 Å². The second-order valence-corrected chi connectivity index (χ2v) is 3.26. The molecule has 1 heterocycles. The van der Waals surface area contributed by atoms with Gasteiger partial charge in [0.1, 0.15) is 11.8 Å². The van der Waals surface area contributed by atoms with E-state index in [4.69, 9.17) is 14.9 Å². The Morgan fingerprint density at radius 3 is 1.53 bits per heavy atom. The molecule has 0 amide bonds. The largest absolute Gasteiger partial charge is 0.481 e. The summed E-state index contributed by atoms with van der Waals surface area (Å²) < 4.78 is 5.21. The number of rotatable bonds is 4. The zero-order chi connectivity index (χ0) is 11.6. The van der Waals surface area contributed by atoms with Crippen molar-refractivity contribution in [3.8, 4) is 0 Å². The first-order valence-corrected chi connectivity index (χ1v) is 4.39. The Labute approximate surface area is 86.7 Å². The van der Waals surface area contributed by atoms with E-state index >= 15 is 0 Å². The van der Waals surface area contributed by atoms with Gasteiger partial charge in [-0.1, -0.05) is 12.2 Å². The van der Waals surface area contributed by atoms with E-state index in [1.807, 2.05) is 0 Å². The first-order chi connectivity index (χ1) is 7.02. The van der Waals surface area contributed by atoms with E-state index in [9.17, 15) is 9.59 Å². The normalized spacial score (nSPS) is 34.7. The van der Waals surface area contributed by atoms with Gasteiger partial charge < -0.3 is 14.9 Å². The number of carboxylic acids is 2. The average molecular weight is 212 g/mol. The smallest absolute Gasteiger partial charge is 0.310 e. The quantitative estimate of drug-likeness (QED) is 0.664. The predicted molar refractivity (Wildman–Crippen MR) is 51.3 cm³/mol. The van der Waals surface area contributed by atoms with Crippen LogP contribution in [0.4, 0.5) is 0 Å². The van der Waals surface area contributed by atoms with E-state index in [2.05, 4.69) is 13.2 Å². The fourth-order valence-electron chi connectivity index (χ4n) is 1.75. The Bertz CT molecular complexity index is 279. The summed E-state index contributed by atoms with van der Waals surface area (Å²) >= 11 is 0. The van der Waals surface area contributed by atoms with Gasteiger partial charge in [0, 0.05) is 0 Å². The van der Waals surface area contributed by atoms with Crippen molar-refractivity contribution in [2.45, 2.75) is 12.2 Å². The molecule has 0 spiro atoms. The van der Waals surface area contributed by atoms with E-state index in [0.29, 0.717) is 0 Å². The maximum Gasteiger partial charge on any atom is 0.310 e. The third kappa shape index (κ3) is 1.92. The van der Waals surface area contributed by atoms with Gasteiger partial charge in [-0.05, 0) is 0 Å². The van der Waals surface area contributed by atoms with Crippen LogP contribution in [0.5, 0.6) is 0 Å². The molecular formula is C10H12O5. The van der Waals surface area contributed by atoms with Crippen LogP contribution in [0.1, 0.15) is 0 Å². The Hall–Kier alpha value is -1.62. The van der Waals surface area contributed by atoms with Crippen LogP contribution in [0, 0.1) is 11.8 Å². The highest BCUT2D eigenvalue weighted by Gasteiger charge is 2.50. The van der Waals surface area contributed by atoms with Gasteiger partial charge in [-0.3, -0.25) is 9.59 Å². The Balaban J connectivity index is 3.05. The number of hydrogen-bond donors (Lipinski definition) is 2. The highest BCUT2D eigenvalue weighted by molar-refractivity contribution is 5.82. The number of carboxylic acid groups (broad SMARTS) is 2. The Morgan fingerprint density at radius 1 is 1.00 bits per heavy atom. The second kappa shape index (κ2) is 4.27. The molecule has 4 atom stereocenters. The van der Waals surface area contributed by atoms with Gasteiger partial charge in [0.15, 0.2) is 0 Å².